The maximum atomic E-state index is 8.93. The Balaban J connectivity index is 3.02. The average molecular weight is 224 g/mol. The summed E-state index contributed by atoms with van der Waals surface area (Å²) >= 11 is 0. The quantitative estimate of drug-likeness (QED) is 0.372. The van der Waals surface area contributed by atoms with Crippen LogP contribution in [0.4, 0.5) is 5.69 Å². The molecule has 5 N–H and O–H groups in total. The van der Waals surface area contributed by atoms with E-state index in [4.69, 9.17) is 21.4 Å². The molecule has 0 unspecified atom stereocenters. The Kier molecular flexibility index (Phi) is 4.68. The predicted octanol–water partition coefficient (Wildman–Crippen LogP) is -0.843. The van der Waals surface area contributed by atoms with Gasteiger partial charge in [-0.15, -0.1) is 0 Å². The maximum absolute atomic E-state index is 8.93. The van der Waals surface area contributed by atoms with Crippen molar-refractivity contribution in [1.82, 2.24) is 4.98 Å². The van der Waals surface area contributed by atoms with Crippen LogP contribution in [0.2, 0.25) is 0 Å². The van der Waals surface area contributed by atoms with Gasteiger partial charge in [-0.05, 0) is 12.1 Å². The van der Waals surface area contributed by atoms with Gasteiger partial charge in [0.1, 0.15) is 11.5 Å². The van der Waals surface area contributed by atoms with E-state index < -0.39 is 0 Å². The molecule has 0 saturated carbocycles. The third-order valence-corrected chi connectivity index (χ3v) is 2.12. The summed E-state index contributed by atoms with van der Waals surface area (Å²) in [4.78, 5) is 5.75. The van der Waals surface area contributed by atoms with Crippen LogP contribution in [0.25, 0.3) is 0 Å². The Hall–Kier alpha value is -1.66. The van der Waals surface area contributed by atoms with Crippen LogP contribution in [0.15, 0.2) is 18.3 Å². The summed E-state index contributed by atoms with van der Waals surface area (Å²) in [6, 6.07) is 3.48. The van der Waals surface area contributed by atoms with Crippen LogP contribution < -0.4 is 10.6 Å². The molecule has 1 aromatic heterocycles. The van der Waals surface area contributed by atoms with Gasteiger partial charge in [0.05, 0.1) is 18.9 Å². The second kappa shape index (κ2) is 6.04. The molecule has 1 aromatic rings. The van der Waals surface area contributed by atoms with Crippen molar-refractivity contribution in [3.63, 3.8) is 0 Å². The van der Waals surface area contributed by atoms with Crippen molar-refractivity contribution in [1.29, 1.82) is 5.41 Å². The van der Waals surface area contributed by atoms with Crippen molar-refractivity contribution in [2.24, 2.45) is 5.73 Å². The number of nitrogens with one attached hydrogen (secondary N) is 1. The molecule has 0 aliphatic rings. The third kappa shape index (κ3) is 2.91. The summed E-state index contributed by atoms with van der Waals surface area (Å²) in [6.07, 6.45) is 1.55. The monoisotopic (exact) mass is 224 g/mol. The van der Waals surface area contributed by atoms with E-state index in [1.807, 2.05) is 0 Å². The van der Waals surface area contributed by atoms with E-state index in [0.29, 0.717) is 24.5 Å². The van der Waals surface area contributed by atoms with Gasteiger partial charge in [0.2, 0.25) is 0 Å². The average Bonchev–Trinajstić information content (AvgIpc) is 2.29. The minimum atomic E-state index is -0.128. The number of rotatable bonds is 6. The molecule has 0 bridgehead atoms. The Morgan fingerprint density at radius 3 is 2.50 bits per heavy atom. The van der Waals surface area contributed by atoms with Crippen LogP contribution in [0, 0.1) is 5.41 Å². The van der Waals surface area contributed by atoms with Gasteiger partial charge in [-0.3, -0.25) is 10.4 Å². The third-order valence-electron chi connectivity index (χ3n) is 2.12. The minimum Gasteiger partial charge on any atom is -0.395 e. The molecule has 1 heterocycles. The number of anilines is 1. The van der Waals surface area contributed by atoms with Crippen molar-refractivity contribution in [2.45, 2.75) is 0 Å². The molecular weight excluding hydrogens is 208 g/mol. The van der Waals surface area contributed by atoms with E-state index in [9.17, 15) is 0 Å². The number of nitrogens with zero attached hydrogens (tertiary/aromatic N) is 2. The van der Waals surface area contributed by atoms with Crippen LogP contribution in [0.3, 0.4) is 0 Å². The molecular formula is C10H16N4O2. The van der Waals surface area contributed by atoms with Gasteiger partial charge in [0.25, 0.3) is 0 Å². The molecule has 0 aromatic carbocycles. The van der Waals surface area contributed by atoms with Gasteiger partial charge in [-0.2, -0.15) is 0 Å². The summed E-state index contributed by atoms with van der Waals surface area (Å²) in [5, 5.41) is 25.2. The lowest BCUT2D eigenvalue weighted by Gasteiger charge is -2.24. The van der Waals surface area contributed by atoms with E-state index in [0.717, 1.165) is 0 Å². The van der Waals surface area contributed by atoms with Crippen LogP contribution in [-0.2, 0) is 0 Å². The number of aliphatic hydroxyl groups is 2. The molecule has 6 heteroatoms. The minimum absolute atomic E-state index is 0.0355. The first kappa shape index (κ1) is 12.4. The number of nitrogen functional groups attached to an aromatic ring is 1. The van der Waals surface area contributed by atoms with Gasteiger partial charge in [-0.1, -0.05) is 0 Å². The summed E-state index contributed by atoms with van der Waals surface area (Å²) in [5.74, 6) is -0.128. The second-order valence-electron chi connectivity index (χ2n) is 3.22. The molecule has 0 fully saturated rings. The van der Waals surface area contributed by atoms with E-state index in [-0.39, 0.29) is 19.0 Å². The predicted molar refractivity (Wildman–Crippen MR) is 61.6 cm³/mol. The lowest BCUT2D eigenvalue weighted by atomic mass is 10.2. The summed E-state index contributed by atoms with van der Waals surface area (Å²) in [5.41, 5.74) is 6.43. The molecule has 0 saturated heterocycles. The topological polar surface area (TPSA) is 106 Å². The van der Waals surface area contributed by atoms with Crippen LogP contribution in [0.5, 0.6) is 0 Å². The number of nitrogens with two attached hydrogens (primary N) is 1. The summed E-state index contributed by atoms with van der Waals surface area (Å²) in [7, 11) is 0. The van der Waals surface area contributed by atoms with Crippen molar-refractivity contribution in [3.05, 3.63) is 24.0 Å². The maximum Gasteiger partial charge on any atom is 0.143 e. The highest BCUT2D eigenvalue weighted by Gasteiger charge is 2.12. The van der Waals surface area contributed by atoms with Crippen molar-refractivity contribution < 1.29 is 10.2 Å². The zero-order valence-corrected chi connectivity index (χ0v) is 8.93. The fourth-order valence-electron chi connectivity index (χ4n) is 1.45. The van der Waals surface area contributed by atoms with E-state index in [2.05, 4.69) is 4.98 Å². The smallest absolute Gasteiger partial charge is 0.143 e. The van der Waals surface area contributed by atoms with Crippen LogP contribution in [-0.4, -0.2) is 47.3 Å². The molecule has 0 aliphatic heterocycles. The van der Waals surface area contributed by atoms with Gasteiger partial charge in [0.15, 0.2) is 0 Å². The Labute approximate surface area is 93.8 Å². The number of hydrogen-bond donors (Lipinski definition) is 4. The number of aliphatic hydroxyl groups excluding tert-OH is 2. The molecule has 1 rings (SSSR count). The summed E-state index contributed by atoms with van der Waals surface area (Å²) < 4.78 is 0. The van der Waals surface area contributed by atoms with Gasteiger partial charge in [0, 0.05) is 19.3 Å². The first-order chi connectivity index (χ1) is 7.70. The molecule has 0 radical (unpaired) electrons. The fraction of sp³-hybridized carbons (Fsp3) is 0.400. The SMILES string of the molecule is N=C(N)c1ncccc1N(CCO)CCO. The zero-order chi connectivity index (χ0) is 12.0. The van der Waals surface area contributed by atoms with Crippen molar-refractivity contribution in [3.8, 4) is 0 Å². The van der Waals surface area contributed by atoms with Crippen molar-refractivity contribution >= 4 is 11.5 Å². The number of aromatic nitrogens is 1. The standard InChI is InChI=1S/C10H16N4O2/c11-10(12)9-8(2-1-3-13-9)14(4-6-15)5-7-16/h1-3,15-16H,4-7H2,(H3,11,12). The largest absolute Gasteiger partial charge is 0.395 e. The lowest BCUT2D eigenvalue weighted by molar-refractivity contribution is 0.281. The van der Waals surface area contributed by atoms with Crippen LogP contribution in [0.1, 0.15) is 5.69 Å². The van der Waals surface area contributed by atoms with Gasteiger partial charge < -0.3 is 20.8 Å². The number of pyridine rings is 1. The molecule has 6 nitrogen and oxygen atoms in total. The lowest BCUT2D eigenvalue weighted by Crippen LogP contribution is -2.32. The van der Waals surface area contributed by atoms with Gasteiger partial charge >= 0.3 is 0 Å². The Bertz CT molecular complexity index is 350. The molecule has 16 heavy (non-hydrogen) atoms. The molecule has 88 valence electrons. The molecule has 0 atom stereocenters. The van der Waals surface area contributed by atoms with Crippen LogP contribution >= 0.6 is 0 Å². The van der Waals surface area contributed by atoms with Gasteiger partial charge in [-0.25, -0.2) is 0 Å². The Morgan fingerprint density at radius 2 is 2.00 bits per heavy atom. The fourth-order valence-corrected chi connectivity index (χ4v) is 1.45. The zero-order valence-electron chi connectivity index (χ0n) is 8.93. The van der Waals surface area contributed by atoms with E-state index in [1.165, 1.54) is 0 Å². The second-order valence-corrected chi connectivity index (χ2v) is 3.22. The first-order valence-corrected chi connectivity index (χ1v) is 4.96. The van der Waals surface area contributed by atoms with E-state index in [1.54, 1.807) is 23.2 Å². The molecule has 0 aliphatic carbocycles. The number of hydrogen-bond acceptors (Lipinski definition) is 5. The normalized spacial score (nSPS) is 10.1. The first-order valence-electron chi connectivity index (χ1n) is 4.96. The summed E-state index contributed by atoms with van der Waals surface area (Å²) in [6.45, 7) is 0.664. The van der Waals surface area contributed by atoms with E-state index >= 15 is 0 Å². The highest BCUT2D eigenvalue weighted by atomic mass is 16.3. The Morgan fingerprint density at radius 1 is 1.38 bits per heavy atom. The molecule has 0 amide bonds. The highest BCUT2D eigenvalue weighted by Crippen LogP contribution is 2.17. The van der Waals surface area contributed by atoms with Crippen molar-refractivity contribution in [2.75, 3.05) is 31.2 Å². The number of amidine groups is 1. The molecule has 0 spiro atoms. The highest BCUT2D eigenvalue weighted by molar-refractivity contribution is 5.98.